The van der Waals surface area contributed by atoms with Crippen LogP contribution in [0.3, 0.4) is 0 Å². The summed E-state index contributed by atoms with van der Waals surface area (Å²) in [6.45, 7) is 8.81. The van der Waals surface area contributed by atoms with Crippen molar-refractivity contribution < 1.29 is 4.79 Å². The molecule has 4 nitrogen and oxygen atoms in total. The van der Waals surface area contributed by atoms with E-state index in [-0.39, 0.29) is 6.04 Å². The largest absolute Gasteiger partial charge is 0.341 e. The topological polar surface area (TPSA) is 26.8 Å². The fourth-order valence-electron chi connectivity index (χ4n) is 3.56. The van der Waals surface area contributed by atoms with Crippen molar-refractivity contribution in [3.05, 3.63) is 34.9 Å². The molecule has 3 rings (SSSR count). The highest BCUT2D eigenvalue weighted by molar-refractivity contribution is 6.30. The Bertz CT molecular complexity index is 537. The van der Waals surface area contributed by atoms with Gasteiger partial charge in [-0.2, -0.15) is 0 Å². The van der Waals surface area contributed by atoms with E-state index in [0.29, 0.717) is 5.91 Å². The van der Waals surface area contributed by atoms with Crippen molar-refractivity contribution in [2.24, 2.45) is 0 Å². The fourth-order valence-corrected chi connectivity index (χ4v) is 3.77. The van der Waals surface area contributed by atoms with Gasteiger partial charge < -0.3 is 4.90 Å². The van der Waals surface area contributed by atoms with Crippen LogP contribution in [0.5, 0.6) is 0 Å². The number of hydrogen-bond donors (Lipinski definition) is 0. The lowest BCUT2D eigenvalue weighted by atomic mass is 10.1. The van der Waals surface area contributed by atoms with Crippen molar-refractivity contribution in [1.82, 2.24) is 14.7 Å². The maximum absolute atomic E-state index is 12.5. The van der Waals surface area contributed by atoms with E-state index in [1.165, 1.54) is 5.56 Å². The Morgan fingerprint density at radius 3 is 2.48 bits per heavy atom. The molecule has 126 valence electrons. The van der Waals surface area contributed by atoms with Crippen LogP contribution in [0, 0.1) is 0 Å². The van der Waals surface area contributed by atoms with Gasteiger partial charge in [-0.15, -0.1) is 0 Å². The first-order valence-corrected chi connectivity index (χ1v) is 9.01. The summed E-state index contributed by atoms with van der Waals surface area (Å²) in [5.74, 6) is 0.311. The predicted molar refractivity (Wildman–Crippen MR) is 93.6 cm³/mol. The maximum Gasteiger partial charge on any atom is 0.239 e. The standard InChI is InChI=1S/C18H26ClN3O/c1-15(18(23)22-7-2-3-8-22)21-11-9-20(10-12-21)14-16-5-4-6-17(19)13-16/h4-6,13,15H,2-3,7-12,14H2,1H3. The molecule has 2 heterocycles. The summed E-state index contributed by atoms with van der Waals surface area (Å²) in [6.07, 6.45) is 2.32. The summed E-state index contributed by atoms with van der Waals surface area (Å²) in [5.41, 5.74) is 1.26. The zero-order valence-electron chi connectivity index (χ0n) is 13.9. The molecule has 0 spiro atoms. The van der Waals surface area contributed by atoms with Gasteiger partial charge in [0.2, 0.25) is 5.91 Å². The summed E-state index contributed by atoms with van der Waals surface area (Å²) in [4.78, 5) is 19.3. The van der Waals surface area contributed by atoms with Crippen molar-refractivity contribution in [1.29, 1.82) is 0 Å². The third-order valence-electron chi connectivity index (χ3n) is 5.02. The monoisotopic (exact) mass is 335 g/mol. The smallest absolute Gasteiger partial charge is 0.239 e. The molecule has 0 saturated carbocycles. The van der Waals surface area contributed by atoms with Gasteiger partial charge in [0.1, 0.15) is 0 Å². The van der Waals surface area contributed by atoms with Gasteiger partial charge in [0.25, 0.3) is 0 Å². The van der Waals surface area contributed by atoms with E-state index < -0.39 is 0 Å². The molecule has 0 aliphatic carbocycles. The van der Waals surface area contributed by atoms with E-state index in [2.05, 4.69) is 22.8 Å². The molecule has 0 N–H and O–H groups in total. The second-order valence-electron chi connectivity index (χ2n) is 6.65. The summed E-state index contributed by atoms with van der Waals surface area (Å²) in [6, 6.07) is 8.09. The number of nitrogens with zero attached hydrogens (tertiary/aromatic N) is 3. The molecular weight excluding hydrogens is 310 g/mol. The van der Waals surface area contributed by atoms with Crippen LogP contribution in [0.25, 0.3) is 0 Å². The number of piperazine rings is 1. The zero-order chi connectivity index (χ0) is 16.2. The Kier molecular flexibility index (Phi) is 5.57. The van der Waals surface area contributed by atoms with Crippen LogP contribution >= 0.6 is 11.6 Å². The number of likely N-dealkylation sites (tertiary alicyclic amines) is 1. The highest BCUT2D eigenvalue weighted by atomic mass is 35.5. The Labute approximate surface area is 144 Å². The summed E-state index contributed by atoms with van der Waals surface area (Å²) in [5, 5.41) is 0.797. The summed E-state index contributed by atoms with van der Waals surface area (Å²) >= 11 is 6.06. The van der Waals surface area contributed by atoms with Crippen molar-refractivity contribution in [3.63, 3.8) is 0 Å². The number of benzene rings is 1. The molecule has 1 aromatic rings. The number of halogens is 1. The van der Waals surface area contributed by atoms with Crippen molar-refractivity contribution >= 4 is 17.5 Å². The van der Waals surface area contributed by atoms with Gasteiger partial charge in [0, 0.05) is 50.8 Å². The van der Waals surface area contributed by atoms with Crippen molar-refractivity contribution in [2.45, 2.75) is 32.4 Å². The van der Waals surface area contributed by atoms with Crippen LogP contribution in [0.4, 0.5) is 0 Å². The van der Waals surface area contributed by atoms with E-state index in [9.17, 15) is 4.79 Å². The number of carbonyl (C=O) groups is 1. The average Bonchev–Trinajstić information content (AvgIpc) is 3.09. The van der Waals surface area contributed by atoms with Crippen molar-refractivity contribution in [2.75, 3.05) is 39.3 Å². The maximum atomic E-state index is 12.5. The molecule has 5 heteroatoms. The van der Waals surface area contributed by atoms with Gasteiger partial charge in [-0.1, -0.05) is 23.7 Å². The second-order valence-corrected chi connectivity index (χ2v) is 7.09. The molecule has 23 heavy (non-hydrogen) atoms. The summed E-state index contributed by atoms with van der Waals surface area (Å²) in [7, 11) is 0. The molecule has 2 aliphatic heterocycles. The number of amides is 1. The Morgan fingerprint density at radius 2 is 1.83 bits per heavy atom. The minimum absolute atomic E-state index is 0.0152. The van der Waals surface area contributed by atoms with E-state index in [1.54, 1.807) is 0 Å². The lowest BCUT2D eigenvalue weighted by molar-refractivity contribution is -0.136. The SMILES string of the molecule is CC(C(=O)N1CCCC1)N1CCN(Cc2cccc(Cl)c2)CC1. The highest BCUT2D eigenvalue weighted by Crippen LogP contribution is 2.16. The molecule has 2 fully saturated rings. The number of hydrogen-bond acceptors (Lipinski definition) is 3. The Hall–Kier alpha value is -1.10. The number of rotatable bonds is 4. The Morgan fingerprint density at radius 1 is 1.13 bits per heavy atom. The van der Waals surface area contributed by atoms with Gasteiger partial charge in [0.15, 0.2) is 0 Å². The van der Waals surface area contributed by atoms with Crippen LogP contribution in [0.1, 0.15) is 25.3 Å². The van der Waals surface area contributed by atoms with Gasteiger partial charge in [-0.3, -0.25) is 14.6 Å². The van der Waals surface area contributed by atoms with Crippen LogP contribution in [0.2, 0.25) is 5.02 Å². The van der Waals surface area contributed by atoms with E-state index in [0.717, 1.165) is 63.7 Å². The molecule has 0 bridgehead atoms. The predicted octanol–water partition coefficient (Wildman–Crippen LogP) is 2.47. The van der Waals surface area contributed by atoms with Gasteiger partial charge in [0.05, 0.1) is 6.04 Å². The minimum Gasteiger partial charge on any atom is -0.341 e. The first-order valence-electron chi connectivity index (χ1n) is 8.63. The fraction of sp³-hybridized carbons (Fsp3) is 0.611. The van der Waals surface area contributed by atoms with E-state index in [1.807, 2.05) is 23.1 Å². The number of carbonyl (C=O) groups excluding carboxylic acids is 1. The molecule has 2 aliphatic rings. The van der Waals surface area contributed by atoms with E-state index in [4.69, 9.17) is 11.6 Å². The first kappa shape index (κ1) is 16.7. The Balaban J connectivity index is 1.48. The molecule has 1 amide bonds. The molecule has 1 aromatic carbocycles. The van der Waals surface area contributed by atoms with Gasteiger partial charge >= 0.3 is 0 Å². The normalized spacial score (nSPS) is 21.6. The third-order valence-corrected chi connectivity index (χ3v) is 5.26. The van der Waals surface area contributed by atoms with Gasteiger partial charge in [-0.25, -0.2) is 0 Å². The van der Waals surface area contributed by atoms with Gasteiger partial charge in [-0.05, 0) is 37.5 Å². The second kappa shape index (κ2) is 7.65. The molecular formula is C18H26ClN3O. The molecule has 0 radical (unpaired) electrons. The average molecular weight is 336 g/mol. The van der Waals surface area contributed by atoms with Crippen LogP contribution in [0.15, 0.2) is 24.3 Å². The highest BCUT2D eigenvalue weighted by Gasteiger charge is 2.29. The van der Waals surface area contributed by atoms with Crippen molar-refractivity contribution in [3.8, 4) is 0 Å². The van der Waals surface area contributed by atoms with E-state index >= 15 is 0 Å². The molecule has 1 atom stereocenters. The first-order chi connectivity index (χ1) is 11.1. The van der Waals surface area contributed by atoms with Crippen LogP contribution in [-0.4, -0.2) is 65.9 Å². The third kappa shape index (κ3) is 4.25. The van der Waals surface area contributed by atoms with Crippen LogP contribution in [-0.2, 0) is 11.3 Å². The van der Waals surface area contributed by atoms with Crippen LogP contribution < -0.4 is 0 Å². The molecule has 1 unspecified atom stereocenters. The minimum atomic E-state index is 0.0152. The lowest BCUT2D eigenvalue weighted by Gasteiger charge is -2.38. The molecule has 2 saturated heterocycles. The molecule has 0 aromatic heterocycles. The lowest BCUT2D eigenvalue weighted by Crippen LogP contribution is -2.54. The zero-order valence-corrected chi connectivity index (χ0v) is 14.6. The summed E-state index contributed by atoms with van der Waals surface area (Å²) < 4.78 is 0. The quantitative estimate of drug-likeness (QED) is 0.845.